The van der Waals surface area contributed by atoms with Gasteiger partial charge in [-0.1, -0.05) is 12.1 Å². The van der Waals surface area contributed by atoms with Gasteiger partial charge in [0.1, 0.15) is 23.9 Å². The summed E-state index contributed by atoms with van der Waals surface area (Å²) in [5, 5.41) is 5.81. The molecule has 1 aliphatic rings. The van der Waals surface area contributed by atoms with Crippen molar-refractivity contribution in [2.75, 3.05) is 20.8 Å². The van der Waals surface area contributed by atoms with Gasteiger partial charge in [0.15, 0.2) is 0 Å². The summed E-state index contributed by atoms with van der Waals surface area (Å²) < 4.78 is 16.1. The summed E-state index contributed by atoms with van der Waals surface area (Å²) >= 11 is 0. The van der Waals surface area contributed by atoms with E-state index < -0.39 is 0 Å². The van der Waals surface area contributed by atoms with Crippen molar-refractivity contribution in [3.8, 4) is 17.2 Å². The lowest BCUT2D eigenvalue weighted by atomic mass is 10.0. The van der Waals surface area contributed by atoms with Crippen LogP contribution in [0.2, 0.25) is 0 Å². The van der Waals surface area contributed by atoms with Crippen molar-refractivity contribution in [3.05, 3.63) is 53.6 Å². The Morgan fingerprint density at radius 1 is 1.16 bits per heavy atom. The van der Waals surface area contributed by atoms with Crippen LogP contribution in [0.4, 0.5) is 4.79 Å². The predicted octanol–water partition coefficient (Wildman–Crippen LogP) is 2.51. The van der Waals surface area contributed by atoms with Crippen LogP contribution in [0.1, 0.15) is 11.1 Å². The van der Waals surface area contributed by atoms with E-state index in [2.05, 4.69) is 10.6 Å². The van der Waals surface area contributed by atoms with Gasteiger partial charge in [0, 0.05) is 6.54 Å². The molecule has 3 rings (SSSR count). The highest BCUT2D eigenvalue weighted by Gasteiger charge is 2.21. The lowest BCUT2D eigenvalue weighted by Gasteiger charge is -2.26. The van der Waals surface area contributed by atoms with Gasteiger partial charge < -0.3 is 24.8 Å². The highest BCUT2D eigenvalue weighted by Crippen LogP contribution is 2.28. The van der Waals surface area contributed by atoms with Gasteiger partial charge in [-0.2, -0.15) is 0 Å². The number of fused-ring (bicyclic) bond motifs is 1. The Morgan fingerprint density at radius 2 is 1.96 bits per heavy atom. The highest BCUT2D eigenvalue weighted by atomic mass is 16.5. The Balaban J connectivity index is 1.53. The minimum absolute atomic E-state index is 0.0788. The Morgan fingerprint density at radius 3 is 2.76 bits per heavy atom. The van der Waals surface area contributed by atoms with Gasteiger partial charge in [0.25, 0.3) is 0 Å². The minimum atomic E-state index is -0.220. The van der Waals surface area contributed by atoms with Crippen LogP contribution >= 0.6 is 0 Å². The maximum absolute atomic E-state index is 12.1. The number of rotatable bonds is 5. The van der Waals surface area contributed by atoms with E-state index in [1.807, 2.05) is 42.5 Å². The average molecular weight is 342 g/mol. The Hall–Kier alpha value is -2.89. The molecule has 2 aromatic rings. The monoisotopic (exact) mass is 342 g/mol. The first-order valence-electron chi connectivity index (χ1n) is 8.15. The van der Waals surface area contributed by atoms with Crippen molar-refractivity contribution in [3.63, 3.8) is 0 Å². The van der Waals surface area contributed by atoms with Crippen LogP contribution in [-0.2, 0) is 13.0 Å². The lowest BCUT2D eigenvalue weighted by molar-refractivity contribution is 0.214. The van der Waals surface area contributed by atoms with Gasteiger partial charge >= 0.3 is 6.03 Å². The molecule has 0 bridgehead atoms. The van der Waals surface area contributed by atoms with Gasteiger partial charge in [0.05, 0.1) is 20.3 Å². The van der Waals surface area contributed by atoms with Crippen molar-refractivity contribution in [1.82, 2.24) is 10.6 Å². The van der Waals surface area contributed by atoms with Crippen LogP contribution in [0.25, 0.3) is 0 Å². The molecule has 0 saturated heterocycles. The fourth-order valence-corrected chi connectivity index (χ4v) is 2.79. The van der Waals surface area contributed by atoms with Gasteiger partial charge in [-0.15, -0.1) is 0 Å². The largest absolute Gasteiger partial charge is 0.497 e. The third kappa shape index (κ3) is 4.35. The van der Waals surface area contributed by atoms with Gasteiger partial charge in [-0.3, -0.25) is 0 Å². The van der Waals surface area contributed by atoms with Crippen LogP contribution < -0.4 is 24.8 Å². The third-order valence-corrected chi connectivity index (χ3v) is 4.10. The number of benzene rings is 2. The topological polar surface area (TPSA) is 68.8 Å². The molecule has 1 atom stereocenters. The van der Waals surface area contributed by atoms with Crippen molar-refractivity contribution in [2.24, 2.45) is 0 Å². The third-order valence-electron chi connectivity index (χ3n) is 4.10. The summed E-state index contributed by atoms with van der Waals surface area (Å²) in [5.41, 5.74) is 2.01. The second kappa shape index (κ2) is 7.79. The van der Waals surface area contributed by atoms with E-state index in [-0.39, 0.29) is 12.1 Å². The predicted molar refractivity (Wildman–Crippen MR) is 94.3 cm³/mol. The molecular formula is C19H22N2O4. The van der Waals surface area contributed by atoms with E-state index in [9.17, 15) is 4.79 Å². The second-order valence-corrected chi connectivity index (χ2v) is 5.86. The van der Waals surface area contributed by atoms with Gasteiger partial charge in [-0.05, 0) is 47.9 Å². The van der Waals surface area contributed by atoms with Crippen LogP contribution in [0.5, 0.6) is 17.2 Å². The number of methoxy groups -OCH3 is 2. The summed E-state index contributed by atoms with van der Waals surface area (Å²) in [7, 11) is 3.25. The van der Waals surface area contributed by atoms with Crippen molar-refractivity contribution in [1.29, 1.82) is 0 Å². The van der Waals surface area contributed by atoms with Crippen molar-refractivity contribution in [2.45, 2.75) is 19.0 Å². The zero-order valence-electron chi connectivity index (χ0n) is 14.4. The molecule has 0 aliphatic carbocycles. The number of urea groups is 1. The van der Waals surface area contributed by atoms with E-state index in [1.54, 1.807) is 14.2 Å². The number of nitrogens with one attached hydrogen (secondary N) is 2. The SMILES string of the molecule is COc1cccc(CNC(=O)NC2COc3ccc(OC)cc3C2)c1. The first kappa shape index (κ1) is 17.0. The first-order valence-corrected chi connectivity index (χ1v) is 8.15. The average Bonchev–Trinajstić information content (AvgIpc) is 2.66. The molecule has 1 aliphatic heterocycles. The first-order chi connectivity index (χ1) is 12.2. The molecule has 0 radical (unpaired) electrons. The second-order valence-electron chi connectivity index (χ2n) is 5.86. The van der Waals surface area contributed by atoms with Crippen LogP contribution in [0, 0.1) is 0 Å². The number of amides is 2. The molecule has 6 heteroatoms. The zero-order valence-corrected chi connectivity index (χ0v) is 14.4. The Labute approximate surface area is 147 Å². The highest BCUT2D eigenvalue weighted by molar-refractivity contribution is 5.74. The molecule has 0 saturated carbocycles. The van der Waals surface area contributed by atoms with E-state index in [1.165, 1.54) is 0 Å². The van der Waals surface area contributed by atoms with Crippen molar-refractivity contribution >= 4 is 6.03 Å². The molecule has 2 N–H and O–H groups in total. The number of hydrogen-bond donors (Lipinski definition) is 2. The number of carbonyl (C=O) groups excluding carboxylic acids is 1. The summed E-state index contributed by atoms with van der Waals surface area (Å²) in [5.74, 6) is 2.40. The van der Waals surface area contributed by atoms with Crippen LogP contribution in [0.15, 0.2) is 42.5 Å². The molecule has 132 valence electrons. The standard InChI is InChI=1S/C19H22N2O4/c1-23-16-5-3-4-13(8-16)11-20-19(22)21-15-9-14-10-17(24-2)6-7-18(14)25-12-15/h3-8,10,15H,9,11-12H2,1-2H3,(H2,20,21,22). The van der Waals surface area contributed by atoms with Crippen molar-refractivity contribution < 1.29 is 19.0 Å². The summed E-state index contributed by atoms with van der Waals surface area (Å²) in [6.07, 6.45) is 0.707. The molecule has 2 aromatic carbocycles. The smallest absolute Gasteiger partial charge is 0.315 e. The molecule has 0 spiro atoms. The van der Waals surface area contributed by atoms with Gasteiger partial charge in [0.2, 0.25) is 0 Å². The maximum Gasteiger partial charge on any atom is 0.315 e. The van der Waals surface area contributed by atoms with Crippen LogP contribution in [0.3, 0.4) is 0 Å². The van der Waals surface area contributed by atoms with E-state index in [0.717, 1.165) is 28.4 Å². The Kier molecular flexibility index (Phi) is 5.28. The van der Waals surface area contributed by atoms with E-state index in [4.69, 9.17) is 14.2 Å². The normalized spacial score (nSPS) is 15.5. The molecule has 0 aromatic heterocycles. The quantitative estimate of drug-likeness (QED) is 0.876. The molecule has 0 fully saturated rings. The summed E-state index contributed by atoms with van der Waals surface area (Å²) in [6, 6.07) is 13.0. The molecule has 25 heavy (non-hydrogen) atoms. The number of hydrogen-bond acceptors (Lipinski definition) is 4. The molecular weight excluding hydrogens is 320 g/mol. The van der Waals surface area contributed by atoms with Crippen LogP contribution in [-0.4, -0.2) is 32.9 Å². The number of ether oxygens (including phenoxy) is 3. The fourth-order valence-electron chi connectivity index (χ4n) is 2.79. The molecule has 6 nitrogen and oxygen atoms in total. The Bertz CT molecular complexity index is 748. The number of carbonyl (C=O) groups is 1. The minimum Gasteiger partial charge on any atom is -0.497 e. The molecule has 1 unspecified atom stereocenters. The zero-order chi connectivity index (χ0) is 17.6. The molecule has 1 heterocycles. The van der Waals surface area contributed by atoms with E-state index >= 15 is 0 Å². The lowest BCUT2D eigenvalue weighted by Crippen LogP contribution is -2.47. The maximum atomic E-state index is 12.1. The van der Waals surface area contributed by atoms with E-state index in [0.29, 0.717) is 19.6 Å². The summed E-state index contributed by atoms with van der Waals surface area (Å²) in [4.78, 5) is 12.1. The molecule has 2 amide bonds. The van der Waals surface area contributed by atoms with Gasteiger partial charge in [-0.25, -0.2) is 4.79 Å². The summed E-state index contributed by atoms with van der Waals surface area (Å²) in [6.45, 7) is 0.882. The fraction of sp³-hybridized carbons (Fsp3) is 0.316.